The summed E-state index contributed by atoms with van der Waals surface area (Å²) >= 11 is 0. The van der Waals surface area contributed by atoms with Gasteiger partial charge in [-0.25, -0.2) is 0 Å². The molecule has 0 aliphatic carbocycles. The summed E-state index contributed by atoms with van der Waals surface area (Å²) in [5, 5.41) is 3.00. The number of nitrogens with one attached hydrogen (secondary N) is 1. The molecule has 0 saturated heterocycles. The summed E-state index contributed by atoms with van der Waals surface area (Å²) in [5.74, 6) is -0.596. The second-order valence-corrected chi connectivity index (χ2v) is 7.52. The van der Waals surface area contributed by atoms with Crippen molar-refractivity contribution in [1.29, 1.82) is 0 Å². The van der Waals surface area contributed by atoms with Crippen molar-refractivity contribution in [1.82, 2.24) is 20.2 Å². The molecular formula is C27H24N4O2. The quantitative estimate of drug-likeness (QED) is 0.450. The number of benzene rings is 2. The van der Waals surface area contributed by atoms with E-state index in [4.69, 9.17) is 0 Å². The topological polar surface area (TPSA) is 75.2 Å². The van der Waals surface area contributed by atoms with Crippen molar-refractivity contribution in [2.24, 2.45) is 0 Å². The normalized spacial score (nSPS) is 11.4. The molecule has 0 radical (unpaired) electrons. The minimum Gasteiger partial charge on any atom is -0.350 e. The summed E-state index contributed by atoms with van der Waals surface area (Å²) in [6.45, 7) is 0.611. The van der Waals surface area contributed by atoms with Gasteiger partial charge in [0, 0.05) is 31.7 Å². The van der Waals surface area contributed by atoms with Crippen LogP contribution in [0, 0.1) is 0 Å². The van der Waals surface area contributed by atoms with E-state index < -0.39 is 6.04 Å². The molecule has 0 bridgehead atoms. The average molecular weight is 437 g/mol. The van der Waals surface area contributed by atoms with Gasteiger partial charge in [0.1, 0.15) is 11.7 Å². The number of hydrogen-bond acceptors (Lipinski definition) is 4. The van der Waals surface area contributed by atoms with Crippen LogP contribution in [0.4, 0.5) is 0 Å². The molecule has 33 heavy (non-hydrogen) atoms. The Kier molecular flexibility index (Phi) is 7.18. The molecule has 6 heteroatoms. The van der Waals surface area contributed by atoms with E-state index in [2.05, 4.69) is 15.3 Å². The van der Waals surface area contributed by atoms with Crippen LogP contribution in [0.5, 0.6) is 0 Å². The first-order chi connectivity index (χ1) is 16.2. The van der Waals surface area contributed by atoms with Crippen molar-refractivity contribution in [2.75, 3.05) is 0 Å². The first-order valence-electron chi connectivity index (χ1n) is 10.7. The van der Waals surface area contributed by atoms with Crippen molar-refractivity contribution in [3.05, 3.63) is 132 Å². The first-order valence-corrected chi connectivity index (χ1v) is 10.7. The molecule has 4 aromatic rings. The van der Waals surface area contributed by atoms with Crippen LogP contribution in [0.15, 0.2) is 110 Å². The molecule has 164 valence electrons. The lowest BCUT2D eigenvalue weighted by molar-refractivity contribution is -0.126. The van der Waals surface area contributed by atoms with Gasteiger partial charge in [0.2, 0.25) is 5.91 Å². The molecule has 1 N–H and O–H groups in total. The van der Waals surface area contributed by atoms with Gasteiger partial charge in [-0.05, 0) is 41.0 Å². The van der Waals surface area contributed by atoms with Gasteiger partial charge in [-0.3, -0.25) is 19.6 Å². The number of hydrogen-bond donors (Lipinski definition) is 1. The van der Waals surface area contributed by atoms with Crippen LogP contribution in [-0.2, 0) is 17.9 Å². The number of pyridine rings is 2. The number of carbonyl (C=O) groups excluding carboxylic acids is 2. The van der Waals surface area contributed by atoms with E-state index in [1.54, 1.807) is 53.8 Å². The van der Waals surface area contributed by atoms with Crippen LogP contribution in [0.25, 0.3) is 0 Å². The van der Waals surface area contributed by atoms with Gasteiger partial charge in [0.15, 0.2) is 0 Å². The summed E-state index contributed by atoms with van der Waals surface area (Å²) in [6.07, 6.45) is 4.82. The third kappa shape index (κ3) is 5.68. The maximum Gasteiger partial charge on any atom is 0.273 e. The number of nitrogens with zero attached hydrogens (tertiary/aromatic N) is 3. The van der Waals surface area contributed by atoms with Crippen LogP contribution in [0.1, 0.15) is 33.2 Å². The van der Waals surface area contributed by atoms with E-state index in [1.807, 2.05) is 60.7 Å². The maximum atomic E-state index is 13.6. The van der Waals surface area contributed by atoms with E-state index in [0.717, 1.165) is 11.1 Å². The molecule has 0 spiro atoms. The lowest BCUT2D eigenvalue weighted by Crippen LogP contribution is -2.43. The number of rotatable bonds is 8. The smallest absolute Gasteiger partial charge is 0.273 e. The fourth-order valence-electron chi connectivity index (χ4n) is 3.60. The predicted molar refractivity (Wildman–Crippen MR) is 126 cm³/mol. The Bertz CT molecular complexity index is 1170. The van der Waals surface area contributed by atoms with Gasteiger partial charge in [-0.1, -0.05) is 66.7 Å². The van der Waals surface area contributed by atoms with Gasteiger partial charge in [-0.2, -0.15) is 0 Å². The molecule has 1 unspecified atom stereocenters. The van der Waals surface area contributed by atoms with Crippen molar-refractivity contribution in [3.8, 4) is 0 Å². The summed E-state index contributed by atoms with van der Waals surface area (Å²) in [7, 11) is 0. The second-order valence-electron chi connectivity index (χ2n) is 7.52. The third-order valence-electron chi connectivity index (χ3n) is 5.23. The number of carbonyl (C=O) groups is 2. The highest BCUT2D eigenvalue weighted by atomic mass is 16.2. The summed E-state index contributed by atoms with van der Waals surface area (Å²) < 4.78 is 0. The highest BCUT2D eigenvalue weighted by Crippen LogP contribution is 2.25. The second kappa shape index (κ2) is 10.8. The highest BCUT2D eigenvalue weighted by molar-refractivity contribution is 5.96. The van der Waals surface area contributed by atoms with Gasteiger partial charge in [-0.15, -0.1) is 0 Å². The van der Waals surface area contributed by atoms with Gasteiger partial charge < -0.3 is 10.2 Å². The van der Waals surface area contributed by atoms with Crippen LogP contribution in [0.3, 0.4) is 0 Å². The number of amides is 2. The van der Waals surface area contributed by atoms with Crippen LogP contribution in [-0.4, -0.2) is 26.7 Å². The van der Waals surface area contributed by atoms with Crippen molar-refractivity contribution in [3.63, 3.8) is 0 Å². The molecule has 2 aromatic carbocycles. The molecule has 0 fully saturated rings. The Morgan fingerprint density at radius 2 is 1.39 bits per heavy atom. The monoisotopic (exact) mass is 436 g/mol. The molecule has 0 saturated carbocycles. The molecule has 0 aliphatic heterocycles. The molecule has 4 rings (SSSR count). The van der Waals surface area contributed by atoms with Gasteiger partial charge >= 0.3 is 0 Å². The fraction of sp³-hybridized carbons (Fsp3) is 0.111. The highest BCUT2D eigenvalue weighted by Gasteiger charge is 2.32. The average Bonchev–Trinajstić information content (AvgIpc) is 2.89. The SMILES string of the molecule is O=C(NCc1ccccc1)C(c1ccncc1)N(Cc1ccccc1)C(=O)c1ccccn1. The van der Waals surface area contributed by atoms with E-state index in [9.17, 15) is 9.59 Å². The maximum absolute atomic E-state index is 13.6. The molecular weight excluding hydrogens is 412 g/mol. The summed E-state index contributed by atoms with van der Waals surface area (Å²) in [5.41, 5.74) is 2.85. The van der Waals surface area contributed by atoms with Crippen molar-refractivity contribution < 1.29 is 9.59 Å². The molecule has 6 nitrogen and oxygen atoms in total. The minimum atomic E-state index is -0.855. The van der Waals surface area contributed by atoms with Crippen molar-refractivity contribution in [2.45, 2.75) is 19.1 Å². The third-order valence-corrected chi connectivity index (χ3v) is 5.23. The summed E-state index contributed by atoms with van der Waals surface area (Å²) in [4.78, 5) is 37.0. The Hall–Kier alpha value is -4.32. The predicted octanol–water partition coefficient (Wildman–Crippen LogP) is 4.18. The molecule has 1 atom stereocenters. The van der Waals surface area contributed by atoms with E-state index in [0.29, 0.717) is 12.1 Å². The summed E-state index contributed by atoms with van der Waals surface area (Å²) in [6, 6.07) is 27.1. The number of aromatic nitrogens is 2. The Morgan fingerprint density at radius 1 is 0.758 bits per heavy atom. The molecule has 2 amide bonds. The zero-order valence-corrected chi connectivity index (χ0v) is 18.0. The Labute approximate surface area is 192 Å². The zero-order valence-electron chi connectivity index (χ0n) is 18.0. The van der Waals surface area contributed by atoms with E-state index >= 15 is 0 Å². The molecule has 0 aliphatic rings. The molecule has 2 aromatic heterocycles. The Balaban J connectivity index is 1.70. The lowest BCUT2D eigenvalue weighted by Gasteiger charge is -2.31. The fourth-order valence-corrected chi connectivity index (χ4v) is 3.60. The van der Waals surface area contributed by atoms with E-state index in [1.165, 1.54) is 0 Å². The first kappa shape index (κ1) is 21.9. The van der Waals surface area contributed by atoms with Crippen LogP contribution in [0.2, 0.25) is 0 Å². The van der Waals surface area contributed by atoms with Gasteiger partial charge in [0.05, 0.1) is 0 Å². The zero-order chi connectivity index (χ0) is 22.9. The lowest BCUT2D eigenvalue weighted by atomic mass is 10.0. The van der Waals surface area contributed by atoms with Crippen molar-refractivity contribution >= 4 is 11.8 Å². The largest absolute Gasteiger partial charge is 0.350 e. The van der Waals surface area contributed by atoms with Gasteiger partial charge in [0.25, 0.3) is 5.91 Å². The Morgan fingerprint density at radius 3 is 2.03 bits per heavy atom. The van der Waals surface area contributed by atoms with Crippen LogP contribution >= 0.6 is 0 Å². The molecule has 2 heterocycles. The minimum absolute atomic E-state index is 0.252. The van der Waals surface area contributed by atoms with E-state index in [-0.39, 0.29) is 24.1 Å². The standard InChI is InChI=1S/C27H24N4O2/c32-26(30-19-21-9-3-1-4-10-21)25(23-14-17-28-18-15-23)31(20-22-11-5-2-6-12-22)27(33)24-13-7-8-16-29-24/h1-18,25H,19-20H2,(H,30,32). The van der Waals surface area contributed by atoms with Crippen LogP contribution < -0.4 is 5.32 Å².